The van der Waals surface area contributed by atoms with Crippen molar-refractivity contribution in [2.45, 2.75) is 32.9 Å². The Morgan fingerprint density at radius 1 is 1.23 bits per heavy atom. The van der Waals surface area contributed by atoms with Crippen LogP contribution < -0.4 is 11.1 Å². The van der Waals surface area contributed by atoms with E-state index in [1.54, 1.807) is 17.2 Å². The standard InChI is InChI=1S/C13H19N9/c1-7(2)22-6-15-20-11(22)8(3)17-13-18-10(14)9-5-16-21(4)12(9)19-13/h5-8H,1-4H3,(H3,14,17,18,19). The summed E-state index contributed by atoms with van der Waals surface area (Å²) in [6.45, 7) is 6.14. The zero-order valence-electron chi connectivity index (χ0n) is 13.0. The van der Waals surface area contributed by atoms with Crippen LogP contribution in [0.2, 0.25) is 0 Å². The first-order valence-electron chi connectivity index (χ1n) is 7.08. The maximum absolute atomic E-state index is 5.97. The molecule has 3 aromatic rings. The normalized spacial score (nSPS) is 13.0. The third kappa shape index (κ3) is 2.34. The fraction of sp³-hybridized carbons (Fsp3) is 0.462. The molecule has 0 bridgehead atoms. The zero-order chi connectivity index (χ0) is 15.9. The molecule has 0 saturated carbocycles. The molecular formula is C13H19N9. The van der Waals surface area contributed by atoms with Crippen molar-refractivity contribution in [1.82, 2.24) is 34.5 Å². The lowest BCUT2D eigenvalue weighted by molar-refractivity contribution is 0.552. The lowest BCUT2D eigenvalue weighted by atomic mass is 10.3. The molecule has 1 atom stereocenters. The summed E-state index contributed by atoms with van der Waals surface area (Å²) in [6.07, 6.45) is 3.38. The van der Waals surface area contributed by atoms with Crippen LogP contribution in [0.4, 0.5) is 11.8 Å². The second-order valence-electron chi connectivity index (χ2n) is 5.49. The Hall–Kier alpha value is -2.71. The van der Waals surface area contributed by atoms with Gasteiger partial charge in [0.05, 0.1) is 17.6 Å². The Morgan fingerprint density at radius 2 is 2.00 bits per heavy atom. The van der Waals surface area contributed by atoms with Gasteiger partial charge < -0.3 is 15.6 Å². The number of aryl methyl sites for hydroxylation is 1. The fourth-order valence-corrected chi connectivity index (χ4v) is 2.33. The molecule has 0 amide bonds. The van der Waals surface area contributed by atoms with Crippen molar-refractivity contribution < 1.29 is 0 Å². The minimum Gasteiger partial charge on any atom is -0.383 e. The summed E-state index contributed by atoms with van der Waals surface area (Å²) in [5.74, 6) is 1.67. The number of anilines is 2. The van der Waals surface area contributed by atoms with Crippen molar-refractivity contribution in [3.63, 3.8) is 0 Å². The number of rotatable bonds is 4. The lowest BCUT2D eigenvalue weighted by Crippen LogP contribution is -2.16. The van der Waals surface area contributed by atoms with Crippen LogP contribution in [-0.4, -0.2) is 34.5 Å². The van der Waals surface area contributed by atoms with Crippen LogP contribution in [-0.2, 0) is 7.05 Å². The average Bonchev–Trinajstić information content (AvgIpc) is 3.07. The van der Waals surface area contributed by atoms with Gasteiger partial charge in [-0.1, -0.05) is 0 Å². The topological polar surface area (TPSA) is 112 Å². The van der Waals surface area contributed by atoms with Crippen molar-refractivity contribution >= 4 is 22.8 Å². The summed E-state index contributed by atoms with van der Waals surface area (Å²) in [5, 5.41) is 16.3. The molecule has 0 aromatic carbocycles. The first-order valence-corrected chi connectivity index (χ1v) is 7.08. The van der Waals surface area contributed by atoms with E-state index in [0.29, 0.717) is 17.4 Å². The van der Waals surface area contributed by atoms with Crippen LogP contribution in [0.25, 0.3) is 11.0 Å². The highest BCUT2D eigenvalue weighted by Gasteiger charge is 2.17. The predicted molar refractivity (Wildman–Crippen MR) is 83.2 cm³/mol. The average molecular weight is 301 g/mol. The number of nitrogen functional groups attached to an aromatic ring is 1. The quantitative estimate of drug-likeness (QED) is 0.746. The molecule has 0 spiro atoms. The summed E-state index contributed by atoms with van der Waals surface area (Å²) < 4.78 is 3.67. The molecule has 3 N–H and O–H groups in total. The predicted octanol–water partition coefficient (Wildman–Crippen LogP) is 1.29. The van der Waals surface area contributed by atoms with E-state index in [1.807, 2.05) is 18.5 Å². The Labute approximate surface area is 127 Å². The lowest BCUT2D eigenvalue weighted by Gasteiger charge is -2.17. The Morgan fingerprint density at radius 3 is 2.73 bits per heavy atom. The molecule has 0 radical (unpaired) electrons. The van der Waals surface area contributed by atoms with Crippen LogP contribution in [0, 0.1) is 0 Å². The highest BCUT2D eigenvalue weighted by Crippen LogP contribution is 2.22. The van der Waals surface area contributed by atoms with Gasteiger partial charge in [-0.25, -0.2) is 0 Å². The van der Waals surface area contributed by atoms with Gasteiger partial charge in [0, 0.05) is 13.1 Å². The number of aromatic nitrogens is 7. The van der Waals surface area contributed by atoms with E-state index >= 15 is 0 Å². The van der Waals surface area contributed by atoms with Gasteiger partial charge in [0.1, 0.15) is 12.1 Å². The molecule has 3 rings (SSSR count). The number of nitrogens with one attached hydrogen (secondary N) is 1. The van der Waals surface area contributed by atoms with Gasteiger partial charge in [-0.3, -0.25) is 4.68 Å². The largest absolute Gasteiger partial charge is 0.383 e. The summed E-state index contributed by atoms with van der Waals surface area (Å²) in [6, 6.07) is 0.176. The van der Waals surface area contributed by atoms with Gasteiger partial charge in [0.25, 0.3) is 0 Å². The van der Waals surface area contributed by atoms with Gasteiger partial charge in [-0.05, 0) is 20.8 Å². The minimum absolute atomic E-state index is 0.102. The van der Waals surface area contributed by atoms with Crippen LogP contribution >= 0.6 is 0 Å². The summed E-state index contributed by atoms with van der Waals surface area (Å²) in [4.78, 5) is 8.74. The monoisotopic (exact) mass is 301 g/mol. The molecule has 3 aromatic heterocycles. The van der Waals surface area contributed by atoms with Crippen LogP contribution in [0.5, 0.6) is 0 Å². The second kappa shape index (κ2) is 5.24. The van der Waals surface area contributed by atoms with E-state index in [1.165, 1.54) is 0 Å². The van der Waals surface area contributed by atoms with Crippen molar-refractivity contribution in [2.75, 3.05) is 11.1 Å². The van der Waals surface area contributed by atoms with E-state index in [0.717, 1.165) is 11.2 Å². The second-order valence-corrected chi connectivity index (χ2v) is 5.49. The van der Waals surface area contributed by atoms with E-state index in [2.05, 4.69) is 44.4 Å². The van der Waals surface area contributed by atoms with Gasteiger partial charge in [-0.15, -0.1) is 10.2 Å². The molecule has 116 valence electrons. The van der Waals surface area contributed by atoms with E-state index in [4.69, 9.17) is 5.73 Å². The smallest absolute Gasteiger partial charge is 0.227 e. The molecule has 0 aliphatic rings. The van der Waals surface area contributed by atoms with Crippen molar-refractivity contribution in [3.05, 3.63) is 18.3 Å². The highest BCUT2D eigenvalue weighted by atomic mass is 15.3. The molecule has 22 heavy (non-hydrogen) atoms. The zero-order valence-corrected chi connectivity index (χ0v) is 13.0. The van der Waals surface area contributed by atoms with E-state index in [-0.39, 0.29) is 12.1 Å². The van der Waals surface area contributed by atoms with Gasteiger partial charge in [0.2, 0.25) is 5.95 Å². The fourth-order valence-electron chi connectivity index (χ4n) is 2.33. The minimum atomic E-state index is -0.102. The van der Waals surface area contributed by atoms with Crippen molar-refractivity contribution in [1.29, 1.82) is 0 Å². The number of hydrogen-bond donors (Lipinski definition) is 2. The van der Waals surface area contributed by atoms with Crippen LogP contribution in [0.1, 0.15) is 38.7 Å². The molecule has 0 aliphatic carbocycles. The third-order valence-corrected chi connectivity index (χ3v) is 3.51. The first kappa shape index (κ1) is 14.2. The van der Waals surface area contributed by atoms with Gasteiger partial charge in [0.15, 0.2) is 11.5 Å². The summed E-state index contributed by atoms with van der Waals surface area (Å²) in [7, 11) is 1.82. The molecular weight excluding hydrogens is 282 g/mol. The summed E-state index contributed by atoms with van der Waals surface area (Å²) >= 11 is 0. The van der Waals surface area contributed by atoms with Crippen LogP contribution in [0.15, 0.2) is 12.5 Å². The molecule has 9 nitrogen and oxygen atoms in total. The molecule has 9 heteroatoms. The maximum Gasteiger partial charge on any atom is 0.227 e. The molecule has 3 heterocycles. The SMILES string of the molecule is CC(Nc1nc(N)c2cnn(C)c2n1)c1nncn1C(C)C. The van der Waals surface area contributed by atoms with E-state index < -0.39 is 0 Å². The molecule has 0 aliphatic heterocycles. The highest BCUT2D eigenvalue weighted by molar-refractivity contribution is 5.86. The summed E-state index contributed by atoms with van der Waals surface area (Å²) in [5.41, 5.74) is 6.65. The number of hydrogen-bond acceptors (Lipinski definition) is 7. The van der Waals surface area contributed by atoms with Gasteiger partial charge in [-0.2, -0.15) is 15.1 Å². The van der Waals surface area contributed by atoms with Crippen LogP contribution in [0.3, 0.4) is 0 Å². The number of fused-ring (bicyclic) bond motifs is 1. The third-order valence-electron chi connectivity index (χ3n) is 3.51. The number of nitrogens with two attached hydrogens (primary N) is 1. The van der Waals surface area contributed by atoms with E-state index in [9.17, 15) is 0 Å². The van der Waals surface area contributed by atoms with Crippen molar-refractivity contribution in [2.24, 2.45) is 7.05 Å². The molecule has 1 unspecified atom stereocenters. The van der Waals surface area contributed by atoms with Gasteiger partial charge >= 0.3 is 0 Å². The Balaban J connectivity index is 1.92. The first-order chi connectivity index (χ1) is 10.5. The molecule has 0 saturated heterocycles. The number of nitrogens with zero attached hydrogens (tertiary/aromatic N) is 7. The molecule has 0 fully saturated rings. The Kier molecular flexibility index (Phi) is 3.39. The van der Waals surface area contributed by atoms with Crippen molar-refractivity contribution in [3.8, 4) is 0 Å². The maximum atomic E-state index is 5.97. The Bertz CT molecular complexity index is 801.